The fraction of sp³-hybridized carbons (Fsp3) is 0.278. The van der Waals surface area contributed by atoms with Gasteiger partial charge < -0.3 is 5.32 Å². The molecule has 1 unspecified atom stereocenters. The number of aryl methyl sites for hydroxylation is 1. The second kappa shape index (κ2) is 5.79. The third-order valence-electron chi connectivity index (χ3n) is 4.04. The van der Waals surface area contributed by atoms with Crippen molar-refractivity contribution in [3.8, 4) is 6.07 Å². The molecule has 20 heavy (non-hydrogen) atoms. The summed E-state index contributed by atoms with van der Waals surface area (Å²) in [6.45, 7) is 0.936. The lowest BCUT2D eigenvalue weighted by Crippen LogP contribution is -2.18. The number of anilines is 1. The van der Waals surface area contributed by atoms with Gasteiger partial charge in [0.05, 0.1) is 11.6 Å². The molecule has 0 aromatic heterocycles. The third-order valence-corrected chi connectivity index (χ3v) is 4.04. The molecule has 0 spiro atoms. The van der Waals surface area contributed by atoms with E-state index in [0.717, 1.165) is 12.2 Å². The van der Waals surface area contributed by atoms with Crippen LogP contribution >= 0.6 is 0 Å². The van der Waals surface area contributed by atoms with Crippen LogP contribution in [0.1, 0.15) is 35.4 Å². The van der Waals surface area contributed by atoms with E-state index in [-0.39, 0.29) is 0 Å². The zero-order valence-corrected chi connectivity index (χ0v) is 11.5. The Labute approximate surface area is 120 Å². The Balaban J connectivity index is 1.72. The fourth-order valence-electron chi connectivity index (χ4n) is 3.01. The third kappa shape index (κ3) is 2.67. The summed E-state index contributed by atoms with van der Waals surface area (Å²) < 4.78 is 0. The summed E-state index contributed by atoms with van der Waals surface area (Å²) in [5.74, 6) is 0.575. The van der Waals surface area contributed by atoms with Gasteiger partial charge in [0.15, 0.2) is 0 Å². The number of nitrogens with zero attached hydrogens (tertiary/aromatic N) is 1. The molecule has 2 aromatic carbocycles. The van der Waals surface area contributed by atoms with E-state index in [9.17, 15) is 0 Å². The summed E-state index contributed by atoms with van der Waals surface area (Å²) in [7, 11) is 0. The SMILES string of the molecule is N#Cc1cccc(NCC2CCCc3ccccc32)c1. The number of hydrogen-bond acceptors (Lipinski definition) is 2. The highest BCUT2D eigenvalue weighted by Crippen LogP contribution is 2.31. The molecule has 2 heteroatoms. The number of hydrogen-bond donors (Lipinski definition) is 1. The summed E-state index contributed by atoms with van der Waals surface area (Å²) in [4.78, 5) is 0. The quantitative estimate of drug-likeness (QED) is 0.904. The average Bonchev–Trinajstić information content (AvgIpc) is 2.53. The summed E-state index contributed by atoms with van der Waals surface area (Å²) in [5, 5.41) is 12.4. The molecular formula is C18H18N2. The summed E-state index contributed by atoms with van der Waals surface area (Å²) in [5.41, 5.74) is 4.73. The van der Waals surface area contributed by atoms with Gasteiger partial charge in [-0.15, -0.1) is 0 Å². The maximum absolute atomic E-state index is 8.93. The predicted octanol–water partition coefficient (Wildman–Crippen LogP) is 4.09. The van der Waals surface area contributed by atoms with Crippen molar-refractivity contribution in [3.05, 3.63) is 65.2 Å². The summed E-state index contributed by atoms with van der Waals surface area (Å²) >= 11 is 0. The number of fused-ring (bicyclic) bond motifs is 1. The van der Waals surface area contributed by atoms with Crippen molar-refractivity contribution in [1.82, 2.24) is 0 Å². The Morgan fingerprint density at radius 1 is 1.15 bits per heavy atom. The van der Waals surface area contributed by atoms with E-state index in [0.29, 0.717) is 11.5 Å². The van der Waals surface area contributed by atoms with Crippen LogP contribution in [0.4, 0.5) is 5.69 Å². The first kappa shape index (κ1) is 12.7. The van der Waals surface area contributed by atoms with Crippen LogP contribution in [0.15, 0.2) is 48.5 Å². The van der Waals surface area contributed by atoms with Crippen molar-refractivity contribution in [3.63, 3.8) is 0 Å². The molecule has 2 nitrogen and oxygen atoms in total. The Hall–Kier alpha value is -2.27. The molecule has 100 valence electrons. The first-order valence-corrected chi connectivity index (χ1v) is 7.18. The number of benzene rings is 2. The fourth-order valence-corrected chi connectivity index (χ4v) is 3.01. The first-order chi connectivity index (χ1) is 9.86. The second-order valence-electron chi connectivity index (χ2n) is 5.36. The monoisotopic (exact) mass is 262 g/mol. The van der Waals surface area contributed by atoms with Crippen LogP contribution in [0, 0.1) is 11.3 Å². The van der Waals surface area contributed by atoms with E-state index in [1.54, 1.807) is 0 Å². The summed E-state index contributed by atoms with van der Waals surface area (Å²) in [6.07, 6.45) is 3.71. The van der Waals surface area contributed by atoms with Crippen LogP contribution in [-0.2, 0) is 6.42 Å². The molecule has 0 amide bonds. The van der Waals surface area contributed by atoms with Crippen LogP contribution in [0.2, 0.25) is 0 Å². The molecule has 1 aliphatic rings. The van der Waals surface area contributed by atoms with Gasteiger partial charge in [0.25, 0.3) is 0 Å². The van der Waals surface area contributed by atoms with Gasteiger partial charge in [-0.2, -0.15) is 5.26 Å². The Bertz CT molecular complexity index is 640. The molecule has 1 N–H and O–H groups in total. The number of nitrogens with one attached hydrogen (secondary N) is 1. The highest BCUT2D eigenvalue weighted by molar-refractivity contribution is 5.49. The standard InChI is InChI=1S/C18H18N2/c19-12-14-5-3-9-17(11-14)20-13-16-8-4-7-15-6-1-2-10-18(15)16/h1-3,5-6,9-11,16,20H,4,7-8,13H2. The van der Waals surface area contributed by atoms with Gasteiger partial charge in [0.2, 0.25) is 0 Å². The molecule has 1 atom stereocenters. The van der Waals surface area contributed by atoms with Crippen molar-refractivity contribution < 1.29 is 0 Å². The number of nitriles is 1. The van der Waals surface area contributed by atoms with Gasteiger partial charge in [0.1, 0.15) is 0 Å². The van der Waals surface area contributed by atoms with Gasteiger partial charge in [0, 0.05) is 18.2 Å². The molecule has 2 aromatic rings. The van der Waals surface area contributed by atoms with Gasteiger partial charge in [-0.3, -0.25) is 0 Å². The van der Waals surface area contributed by atoms with Crippen molar-refractivity contribution >= 4 is 5.69 Å². The van der Waals surface area contributed by atoms with Crippen molar-refractivity contribution in [2.45, 2.75) is 25.2 Å². The lowest BCUT2D eigenvalue weighted by Gasteiger charge is -2.26. The van der Waals surface area contributed by atoms with Gasteiger partial charge in [-0.05, 0) is 48.6 Å². The lowest BCUT2D eigenvalue weighted by atomic mass is 9.83. The lowest BCUT2D eigenvalue weighted by molar-refractivity contribution is 0.572. The maximum Gasteiger partial charge on any atom is 0.0992 e. The van der Waals surface area contributed by atoms with Crippen LogP contribution in [0.3, 0.4) is 0 Å². The Kier molecular flexibility index (Phi) is 3.69. The highest BCUT2D eigenvalue weighted by Gasteiger charge is 2.19. The van der Waals surface area contributed by atoms with Crippen molar-refractivity contribution in [2.75, 3.05) is 11.9 Å². The average molecular weight is 262 g/mol. The van der Waals surface area contributed by atoms with E-state index in [1.165, 1.54) is 30.4 Å². The van der Waals surface area contributed by atoms with Gasteiger partial charge >= 0.3 is 0 Å². The smallest absolute Gasteiger partial charge is 0.0992 e. The Morgan fingerprint density at radius 3 is 2.95 bits per heavy atom. The molecule has 0 fully saturated rings. The molecule has 0 radical (unpaired) electrons. The zero-order valence-electron chi connectivity index (χ0n) is 11.5. The maximum atomic E-state index is 8.93. The van der Waals surface area contributed by atoms with Crippen LogP contribution < -0.4 is 5.32 Å². The van der Waals surface area contributed by atoms with Gasteiger partial charge in [-0.25, -0.2) is 0 Å². The minimum atomic E-state index is 0.575. The predicted molar refractivity (Wildman–Crippen MR) is 81.8 cm³/mol. The first-order valence-electron chi connectivity index (χ1n) is 7.18. The highest BCUT2D eigenvalue weighted by atomic mass is 14.9. The van der Waals surface area contributed by atoms with E-state index >= 15 is 0 Å². The molecule has 0 saturated carbocycles. The molecular weight excluding hydrogens is 244 g/mol. The van der Waals surface area contributed by atoms with Crippen molar-refractivity contribution in [2.24, 2.45) is 0 Å². The topological polar surface area (TPSA) is 35.8 Å². The Morgan fingerprint density at radius 2 is 2.05 bits per heavy atom. The van der Waals surface area contributed by atoms with E-state index in [2.05, 4.69) is 35.7 Å². The molecule has 3 rings (SSSR count). The number of rotatable bonds is 3. The van der Waals surface area contributed by atoms with E-state index in [1.807, 2.05) is 24.3 Å². The molecule has 1 aliphatic carbocycles. The van der Waals surface area contributed by atoms with E-state index in [4.69, 9.17) is 5.26 Å². The molecule has 0 bridgehead atoms. The summed E-state index contributed by atoms with van der Waals surface area (Å²) in [6, 6.07) is 18.6. The van der Waals surface area contributed by atoms with Crippen LogP contribution in [0.25, 0.3) is 0 Å². The molecule has 0 heterocycles. The van der Waals surface area contributed by atoms with Crippen molar-refractivity contribution in [1.29, 1.82) is 5.26 Å². The second-order valence-corrected chi connectivity index (χ2v) is 5.36. The normalized spacial score (nSPS) is 17.1. The largest absolute Gasteiger partial charge is 0.384 e. The molecule has 0 aliphatic heterocycles. The zero-order chi connectivity index (χ0) is 13.8. The minimum absolute atomic E-state index is 0.575. The van der Waals surface area contributed by atoms with Crippen LogP contribution in [-0.4, -0.2) is 6.54 Å². The minimum Gasteiger partial charge on any atom is -0.384 e. The van der Waals surface area contributed by atoms with E-state index < -0.39 is 0 Å². The van der Waals surface area contributed by atoms with Crippen LogP contribution in [0.5, 0.6) is 0 Å². The molecule has 0 saturated heterocycles. The van der Waals surface area contributed by atoms with Gasteiger partial charge in [-0.1, -0.05) is 30.3 Å².